The highest BCUT2D eigenvalue weighted by molar-refractivity contribution is 5.68. The van der Waals surface area contributed by atoms with Gasteiger partial charge in [0.05, 0.1) is 12.7 Å². The summed E-state index contributed by atoms with van der Waals surface area (Å²) in [4.78, 5) is 32.9. The minimum absolute atomic E-state index is 0.157. The zero-order valence-electron chi connectivity index (χ0n) is 11.7. The van der Waals surface area contributed by atoms with E-state index in [2.05, 4.69) is 0 Å². The van der Waals surface area contributed by atoms with Crippen LogP contribution in [0.4, 0.5) is 0 Å². The molecule has 0 fully saturated rings. The van der Waals surface area contributed by atoms with Crippen molar-refractivity contribution in [1.82, 2.24) is 0 Å². The SMILES string of the molecule is CC(=O)OCC(OC(C)=O)C(CC(O)CO)OC(C)=O. The van der Waals surface area contributed by atoms with Crippen molar-refractivity contribution in [3.05, 3.63) is 0 Å². The van der Waals surface area contributed by atoms with Gasteiger partial charge in [-0.15, -0.1) is 0 Å². The molecule has 3 unspecified atom stereocenters. The Labute approximate surface area is 116 Å². The summed E-state index contributed by atoms with van der Waals surface area (Å²) in [7, 11) is 0. The van der Waals surface area contributed by atoms with Crippen molar-refractivity contribution in [1.29, 1.82) is 0 Å². The van der Waals surface area contributed by atoms with Crippen molar-refractivity contribution in [3.8, 4) is 0 Å². The van der Waals surface area contributed by atoms with Crippen LogP contribution in [0.25, 0.3) is 0 Å². The highest BCUT2D eigenvalue weighted by atomic mass is 16.6. The van der Waals surface area contributed by atoms with Gasteiger partial charge in [-0.05, 0) is 0 Å². The quantitative estimate of drug-likeness (QED) is 0.439. The summed E-state index contributed by atoms with van der Waals surface area (Å²) in [5.74, 6) is -1.90. The van der Waals surface area contributed by atoms with Gasteiger partial charge in [0.15, 0.2) is 6.10 Å². The first-order chi connectivity index (χ1) is 9.26. The van der Waals surface area contributed by atoms with E-state index in [1.54, 1.807) is 0 Å². The van der Waals surface area contributed by atoms with Crippen LogP contribution in [0, 0.1) is 0 Å². The molecule has 3 atom stereocenters. The van der Waals surface area contributed by atoms with Crippen LogP contribution in [0.3, 0.4) is 0 Å². The fourth-order valence-electron chi connectivity index (χ4n) is 1.46. The Morgan fingerprint density at radius 2 is 1.45 bits per heavy atom. The lowest BCUT2D eigenvalue weighted by molar-refractivity contribution is -0.175. The molecule has 8 heteroatoms. The van der Waals surface area contributed by atoms with Gasteiger partial charge in [0.25, 0.3) is 0 Å². The molecule has 0 aliphatic carbocycles. The molecule has 0 aliphatic heterocycles. The fraction of sp³-hybridized carbons (Fsp3) is 0.750. The van der Waals surface area contributed by atoms with Gasteiger partial charge in [0.1, 0.15) is 12.7 Å². The molecule has 0 radical (unpaired) electrons. The Hall–Kier alpha value is -1.67. The van der Waals surface area contributed by atoms with Crippen LogP contribution in [0.2, 0.25) is 0 Å². The number of carbonyl (C=O) groups excluding carboxylic acids is 3. The van der Waals surface area contributed by atoms with Crippen LogP contribution in [-0.4, -0.2) is 59.6 Å². The molecular weight excluding hydrogens is 272 g/mol. The summed E-state index contributed by atoms with van der Waals surface area (Å²) in [5.41, 5.74) is 0. The van der Waals surface area contributed by atoms with Gasteiger partial charge < -0.3 is 24.4 Å². The molecule has 0 aromatic heterocycles. The lowest BCUT2D eigenvalue weighted by Crippen LogP contribution is -2.41. The average molecular weight is 292 g/mol. The van der Waals surface area contributed by atoms with E-state index in [1.165, 1.54) is 6.92 Å². The zero-order valence-corrected chi connectivity index (χ0v) is 11.7. The van der Waals surface area contributed by atoms with Crippen LogP contribution in [0.1, 0.15) is 27.2 Å². The predicted octanol–water partition coefficient (Wildman–Crippen LogP) is -0.844. The highest BCUT2D eigenvalue weighted by Crippen LogP contribution is 2.13. The summed E-state index contributed by atoms with van der Waals surface area (Å²) in [6.45, 7) is 2.61. The average Bonchev–Trinajstić information content (AvgIpc) is 2.32. The van der Waals surface area contributed by atoms with Gasteiger partial charge in [-0.2, -0.15) is 0 Å². The second-order valence-electron chi connectivity index (χ2n) is 4.17. The molecule has 20 heavy (non-hydrogen) atoms. The van der Waals surface area contributed by atoms with E-state index < -0.39 is 42.8 Å². The first-order valence-corrected chi connectivity index (χ1v) is 6.03. The second kappa shape index (κ2) is 9.27. The molecule has 0 heterocycles. The molecule has 0 rings (SSSR count). The third-order valence-electron chi connectivity index (χ3n) is 2.22. The first-order valence-electron chi connectivity index (χ1n) is 6.03. The largest absolute Gasteiger partial charge is 0.462 e. The van der Waals surface area contributed by atoms with Gasteiger partial charge in [-0.1, -0.05) is 0 Å². The van der Waals surface area contributed by atoms with Crippen molar-refractivity contribution in [3.63, 3.8) is 0 Å². The van der Waals surface area contributed by atoms with E-state index in [0.29, 0.717) is 0 Å². The minimum atomic E-state index is -1.16. The summed E-state index contributed by atoms with van der Waals surface area (Å²) in [6, 6.07) is 0. The smallest absolute Gasteiger partial charge is 0.303 e. The number of carbonyl (C=O) groups is 3. The van der Waals surface area contributed by atoms with Gasteiger partial charge in [0, 0.05) is 27.2 Å². The van der Waals surface area contributed by atoms with Crippen LogP contribution in [0.5, 0.6) is 0 Å². The highest BCUT2D eigenvalue weighted by Gasteiger charge is 2.30. The van der Waals surface area contributed by atoms with E-state index in [9.17, 15) is 19.5 Å². The standard InChI is InChI=1S/C12H20O8/c1-7(14)18-6-12(20-9(3)16)11(19-8(2)15)4-10(17)5-13/h10-13,17H,4-6H2,1-3H3. The van der Waals surface area contributed by atoms with Crippen molar-refractivity contribution in [2.45, 2.75) is 45.5 Å². The summed E-state index contributed by atoms with van der Waals surface area (Å²) in [6.07, 6.45) is -3.40. The van der Waals surface area contributed by atoms with Crippen molar-refractivity contribution >= 4 is 17.9 Å². The maximum absolute atomic E-state index is 11.0. The Kier molecular flexibility index (Phi) is 8.49. The Bertz CT molecular complexity index is 340. The second-order valence-corrected chi connectivity index (χ2v) is 4.17. The third-order valence-corrected chi connectivity index (χ3v) is 2.22. The molecule has 0 amide bonds. The first kappa shape index (κ1) is 18.3. The van der Waals surface area contributed by atoms with E-state index >= 15 is 0 Å². The number of hydrogen-bond donors (Lipinski definition) is 2. The number of aliphatic hydroxyl groups excluding tert-OH is 2. The Morgan fingerprint density at radius 3 is 1.85 bits per heavy atom. The molecule has 0 aromatic carbocycles. The zero-order chi connectivity index (χ0) is 15.7. The van der Waals surface area contributed by atoms with Gasteiger partial charge in [-0.25, -0.2) is 0 Å². The number of rotatable bonds is 8. The number of esters is 3. The fourth-order valence-corrected chi connectivity index (χ4v) is 1.46. The Morgan fingerprint density at radius 1 is 0.950 bits per heavy atom. The molecule has 116 valence electrons. The lowest BCUT2D eigenvalue weighted by atomic mass is 10.1. The molecule has 0 spiro atoms. The van der Waals surface area contributed by atoms with Gasteiger partial charge in [0.2, 0.25) is 0 Å². The number of ether oxygens (including phenoxy) is 3. The topological polar surface area (TPSA) is 119 Å². The molecule has 0 saturated carbocycles. The molecule has 0 saturated heterocycles. The Balaban J connectivity index is 4.88. The normalized spacial score (nSPS) is 14.8. The van der Waals surface area contributed by atoms with Crippen LogP contribution < -0.4 is 0 Å². The summed E-state index contributed by atoms with van der Waals surface area (Å²) < 4.78 is 14.6. The number of aliphatic hydroxyl groups is 2. The minimum Gasteiger partial charge on any atom is -0.462 e. The molecule has 0 aliphatic rings. The van der Waals surface area contributed by atoms with Gasteiger partial charge in [-0.3, -0.25) is 14.4 Å². The lowest BCUT2D eigenvalue weighted by Gasteiger charge is -2.27. The van der Waals surface area contributed by atoms with E-state index in [1.807, 2.05) is 0 Å². The van der Waals surface area contributed by atoms with Crippen LogP contribution in [-0.2, 0) is 28.6 Å². The molecule has 2 N–H and O–H groups in total. The maximum Gasteiger partial charge on any atom is 0.303 e. The predicted molar refractivity (Wildman–Crippen MR) is 65.5 cm³/mol. The molecular formula is C12H20O8. The summed E-state index contributed by atoms with van der Waals surface area (Å²) in [5, 5.41) is 18.2. The summed E-state index contributed by atoms with van der Waals surface area (Å²) >= 11 is 0. The van der Waals surface area contributed by atoms with Crippen molar-refractivity contribution in [2.24, 2.45) is 0 Å². The van der Waals surface area contributed by atoms with Crippen LogP contribution >= 0.6 is 0 Å². The molecule has 0 bridgehead atoms. The van der Waals surface area contributed by atoms with Crippen LogP contribution in [0.15, 0.2) is 0 Å². The van der Waals surface area contributed by atoms with E-state index in [0.717, 1.165) is 13.8 Å². The monoisotopic (exact) mass is 292 g/mol. The molecule has 0 aromatic rings. The van der Waals surface area contributed by atoms with Gasteiger partial charge >= 0.3 is 17.9 Å². The number of hydrogen-bond acceptors (Lipinski definition) is 8. The van der Waals surface area contributed by atoms with E-state index in [4.69, 9.17) is 19.3 Å². The van der Waals surface area contributed by atoms with Crippen molar-refractivity contribution in [2.75, 3.05) is 13.2 Å². The van der Waals surface area contributed by atoms with Crippen molar-refractivity contribution < 1.29 is 38.8 Å². The third kappa shape index (κ3) is 8.44. The maximum atomic E-state index is 11.0. The molecule has 8 nitrogen and oxygen atoms in total. The van der Waals surface area contributed by atoms with E-state index in [-0.39, 0.29) is 13.0 Å².